The van der Waals surface area contributed by atoms with Crippen LogP contribution in [0.5, 0.6) is 0 Å². The number of rotatable bonds is 19. The standard InChI is InChI=1S/C33H38N2O4.C17H16N2.C14H17NO2.B3.BrH.ClH.HI/c1-32(2)24-14-10-12-16-26(24)34(22-20-30(36)37)28(32)18-8-6-5-7-9-19-29-33(3,4)25-15-11-13-17-27(25)35(29)23-21-31(38)39;1-4-10-16(11-5-1)18-14-8-3-9-15-19-17-12-6-2-7-13-17;1-10-14(2,3)11-6-4-5-7-12(11)15(10)9-8-13(16)17;1-3-2;;;/h5-18,29H,19-23H2,1-4H3,(H-,36,37,38,39);1-15,18H;4-7H,8-9H2,1-3H3;;3*1H/b6-5+,9-7+,18-8+;9-3+,14-8+,19-15?;;;;;. The minimum atomic E-state index is -0.805. The smallest absolute Gasteiger partial charge is 0.309 e. The molecule has 3 aliphatic heterocycles. The summed E-state index contributed by atoms with van der Waals surface area (Å²) in [7, 11) is 10.0. The molecule has 3 aliphatic rings. The lowest BCUT2D eigenvalue weighted by Crippen LogP contribution is -3.00. The van der Waals surface area contributed by atoms with Crippen molar-refractivity contribution in [2.75, 3.05) is 29.9 Å². The summed E-state index contributed by atoms with van der Waals surface area (Å²) in [6.07, 6.45) is 22.9. The zero-order valence-corrected chi connectivity index (χ0v) is 51.9. The second kappa shape index (κ2) is 34.7. The van der Waals surface area contributed by atoms with Gasteiger partial charge in [-0.2, -0.15) is 9.15 Å². The number of halogens is 3. The molecule has 0 aliphatic carbocycles. The van der Waals surface area contributed by atoms with E-state index in [1.807, 2.05) is 146 Å². The first-order valence-electron chi connectivity index (χ1n) is 26.3. The van der Waals surface area contributed by atoms with Crippen LogP contribution in [0.2, 0.25) is 0 Å². The maximum atomic E-state index is 11.3. The number of carboxylic acids is 3. The summed E-state index contributed by atoms with van der Waals surface area (Å²) in [6.45, 7) is 16.7. The number of anilines is 2. The number of hydrogen-bond acceptors (Lipinski definition) is 6. The fourth-order valence-electron chi connectivity index (χ4n) is 10.0. The van der Waals surface area contributed by atoms with Gasteiger partial charge in [0.2, 0.25) is 11.4 Å². The van der Waals surface area contributed by atoms with Gasteiger partial charge in [0.15, 0.2) is 24.5 Å². The van der Waals surface area contributed by atoms with Crippen LogP contribution in [0.25, 0.3) is 0 Å². The molecule has 0 fully saturated rings. The van der Waals surface area contributed by atoms with Crippen molar-refractivity contribution >= 4 is 98.9 Å². The Morgan fingerprint density at radius 1 is 0.630 bits per heavy atom. The third-order valence-electron chi connectivity index (χ3n) is 14.2. The Morgan fingerprint density at radius 3 is 1.70 bits per heavy atom. The molecule has 17 heteroatoms. The minimum absolute atomic E-state index is 0. The first-order chi connectivity index (χ1) is 37.4. The monoisotopic (exact) mass is 1280 g/mol. The van der Waals surface area contributed by atoms with Crippen LogP contribution in [0, 0.1) is 0 Å². The van der Waals surface area contributed by atoms with E-state index in [-0.39, 0.29) is 94.9 Å². The van der Waals surface area contributed by atoms with Crippen molar-refractivity contribution in [1.82, 2.24) is 0 Å². The van der Waals surface area contributed by atoms with Crippen LogP contribution in [0.3, 0.4) is 0 Å². The molecule has 11 nitrogen and oxygen atoms in total. The number of benzene rings is 5. The van der Waals surface area contributed by atoms with Gasteiger partial charge in [0.05, 0.1) is 22.9 Å². The molecule has 3 heterocycles. The molecule has 0 aromatic heterocycles. The number of carboxylic acid groups (broad SMARTS) is 3. The Labute approximate surface area is 517 Å². The Balaban J connectivity index is 0.000000445. The Kier molecular flexibility index (Phi) is 30.3. The van der Waals surface area contributed by atoms with Crippen LogP contribution in [-0.4, -0.2) is 108 Å². The highest BCUT2D eigenvalue weighted by molar-refractivity contribution is 7.17. The predicted molar refractivity (Wildman–Crippen MR) is 331 cm³/mol. The molecule has 0 saturated carbocycles. The maximum absolute atomic E-state index is 11.3. The highest BCUT2D eigenvalue weighted by Gasteiger charge is 2.45. The van der Waals surface area contributed by atoms with Gasteiger partial charge < -0.3 is 66.5 Å². The van der Waals surface area contributed by atoms with Gasteiger partial charge in [-0.15, -0.1) is 12.4 Å². The molecule has 81 heavy (non-hydrogen) atoms. The van der Waals surface area contributed by atoms with E-state index >= 15 is 0 Å². The predicted octanol–water partition coefficient (Wildman–Crippen LogP) is 6.65. The fourth-order valence-corrected chi connectivity index (χ4v) is 10.0. The number of allylic oxidation sites excluding steroid dienone is 8. The average molecular weight is 1280 g/mol. The highest BCUT2D eigenvalue weighted by atomic mass is 127. The van der Waals surface area contributed by atoms with E-state index in [1.54, 1.807) is 6.21 Å². The van der Waals surface area contributed by atoms with Crippen molar-refractivity contribution < 1.29 is 79.8 Å². The van der Waals surface area contributed by atoms with Gasteiger partial charge in [-0.3, -0.25) is 19.4 Å². The van der Waals surface area contributed by atoms with Crippen molar-refractivity contribution in [1.29, 1.82) is 0 Å². The average Bonchev–Trinajstić information content (AvgIpc) is 4.00. The number of nitrogens with one attached hydrogen (secondary N) is 1. The first kappa shape index (κ1) is 70.6. The lowest BCUT2D eigenvalue weighted by Gasteiger charge is -2.33. The molecule has 0 bridgehead atoms. The molecule has 5 aromatic carbocycles. The molecule has 1 atom stereocenters. The van der Waals surface area contributed by atoms with Crippen LogP contribution in [0.1, 0.15) is 90.8 Å². The number of aliphatic imine (C=N–C) groups is 1. The van der Waals surface area contributed by atoms with Crippen molar-refractivity contribution in [2.45, 2.75) is 96.4 Å². The summed E-state index contributed by atoms with van der Waals surface area (Å²) in [5.74, 6) is -2.34. The van der Waals surface area contributed by atoms with E-state index in [0.717, 1.165) is 47.6 Å². The Morgan fingerprint density at radius 2 is 1.11 bits per heavy atom. The molecule has 0 spiro atoms. The van der Waals surface area contributed by atoms with E-state index in [1.165, 1.54) is 22.4 Å². The zero-order valence-electron chi connectivity index (χ0n) is 47.3. The zero-order chi connectivity index (χ0) is 56.7. The molecule has 5 aromatic rings. The van der Waals surface area contributed by atoms with Gasteiger partial charge in [-0.05, 0) is 82.2 Å². The largest absolute Gasteiger partial charge is 1.00 e. The normalized spacial score (nSPS) is 15.8. The van der Waals surface area contributed by atoms with Crippen LogP contribution >= 0.6 is 12.4 Å². The second-order valence-electron chi connectivity index (χ2n) is 20.4. The number of fused-ring (bicyclic) bond motifs is 3. The molecular formula is C64H74B3BrClIN5O6. The molecular weight excluding hydrogens is 1210 g/mol. The van der Waals surface area contributed by atoms with Crippen LogP contribution in [0.4, 0.5) is 28.4 Å². The molecule has 8 rings (SSSR count). The number of para-hydroxylation sites is 5. The van der Waals surface area contributed by atoms with Gasteiger partial charge in [0.25, 0.3) is 0 Å². The van der Waals surface area contributed by atoms with Gasteiger partial charge >= 0.3 is 17.9 Å². The number of carbonyl (C=O) groups is 3. The van der Waals surface area contributed by atoms with Crippen molar-refractivity contribution in [3.63, 3.8) is 0 Å². The molecule has 1 unspecified atom stereocenters. The third-order valence-corrected chi connectivity index (χ3v) is 14.2. The second-order valence-corrected chi connectivity index (χ2v) is 20.4. The van der Waals surface area contributed by atoms with Gasteiger partial charge in [0, 0.05) is 101 Å². The lowest BCUT2D eigenvalue weighted by atomic mass is 9.40. The summed E-state index contributed by atoms with van der Waals surface area (Å²) < 4.78 is 4.25. The minimum Gasteiger partial charge on any atom is -1.00 e. The quantitative estimate of drug-likeness (QED) is 0.0237. The molecule has 4 N–H and O–H groups in total. The lowest BCUT2D eigenvalue weighted by molar-refractivity contribution is -0.438. The Hall–Kier alpha value is -6.49. The summed E-state index contributed by atoms with van der Waals surface area (Å²) in [5, 5.41) is 30.5. The summed E-state index contributed by atoms with van der Waals surface area (Å²) in [6, 6.07) is 44.8. The molecule has 0 saturated heterocycles. The van der Waals surface area contributed by atoms with Crippen molar-refractivity contribution in [3.05, 3.63) is 211 Å². The van der Waals surface area contributed by atoms with E-state index < -0.39 is 17.9 Å². The third kappa shape index (κ3) is 19.9. The van der Waals surface area contributed by atoms with E-state index in [2.05, 4.69) is 137 Å². The highest BCUT2D eigenvalue weighted by Crippen LogP contribution is 2.46. The number of nitrogens with zero attached hydrogens (tertiary/aromatic N) is 4. The van der Waals surface area contributed by atoms with E-state index in [9.17, 15) is 24.6 Å². The van der Waals surface area contributed by atoms with Crippen molar-refractivity contribution in [3.8, 4) is 0 Å². The summed E-state index contributed by atoms with van der Waals surface area (Å²) >= 11 is 0. The SMILES string of the molecule is C(/C=C/C=C/Nc1ccccc1)=Nc1ccccc1.CC1(C)C(/C=C/C=C/C=C/CC2N(CCC(=O)O)c3ccccc3C2(C)C)=[N+](CCC(=O)O)c2ccccc21.CC1=[N+](CCC(=O)O)c2ccccc2C1(C)C.Cl.[B][B][B].[Br-].[I-]. The molecule has 0 amide bonds. The van der Waals surface area contributed by atoms with Gasteiger partial charge in [-0.1, -0.05) is 141 Å². The fraction of sp³-hybridized carbons (Fsp3) is 0.281. The van der Waals surface area contributed by atoms with Crippen LogP contribution in [0.15, 0.2) is 199 Å². The molecule has 421 valence electrons. The first-order valence-corrected chi connectivity index (χ1v) is 26.3. The topological polar surface area (TPSA) is 146 Å². The van der Waals surface area contributed by atoms with Gasteiger partial charge in [-0.25, -0.2) is 0 Å². The van der Waals surface area contributed by atoms with Crippen molar-refractivity contribution in [2.24, 2.45) is 4.99 Å². The van der Waals surface area contributed by atoms with Crippen LogP contribution in [-0.2, 0) is 30.6 Å². The van der Waals surface area contributed by atoms with Gasteiger partial charge in [0.1, 0.15) is 12.8 Å². The number of hydrogen-bond donors (Lipinski definition) is 4. The van der Waals surface area contributed by atoms with Crippen LogP contribution < -0.4 is 51.2 Å². The number of aliphatic carboxylic acids is 3. The maximum Gasteiger partial charge on any atom is 0.309 e. The molecule has 5 radical (unpaired) electrons. The summed E-state index contributed by atoms with van der Waals surface area (Å²) in [5.41, 5.74) is 11.1. The van der Waals surface area contributed by atoms with E-state index in [0.29, 0.717) is 19.6 Å². The summed E-state index contributed by atoms with van der Waals surface area (Å²) in [4.78, 5) is 39.8. The Bertz CT molecular complexity index is 3090. The van der Waals surface area contributed by atoms with E-state index in [4.69, 9.17) is 5.11 Å².